The second kappa shape index (κ2) is 9.76. The van der Waals surface area contributed by atoms with Crippen molar-refractivity contribution >= 4 is 28.9 Å². The maximum atomic E-state index is 12.8. The van der Waals surface area contributed by atoms with Crippen molar-refractivity contribution in [3.8, 4) is 0 Å². The van der Waals surface area contributed by atoms with Crippen LogP contribution in [-0.4, -0.2) is 47.6 Å². The van der Waals surface area contributed by atoms with Gasteiger partial charge in [0.15, 0.2) is 16.7 Å². The van der Waals surface area contributed by atoms with E-state index in [2.05, 4.69) is 16.5 Å². The second-order valence-corrected chi connectivity index (χ2v) is 7.56. The highest BCUT2D eigenvalue weighted by molar-refractivity contribution is 6.32. The van der Waals surface area contributed by atoms with E-state index in [4.69, 9.17) is 11.6 Å². The SMILES string of the molecule is C=C(C)C(=O)C(c1cnc(Cl)c(N(C)C(C(=O)CC)c2ccncc2)c1)N(C)C. The third-order valence-electron chi connectivity index (χ3n) is 4.79. The number of ketones is 2. The molecule has 0 fully saturated rings. The van der Waals surface area contributed by atoms with E-state index in [9.17, 15) is 9.59 Å². The molecule has 0 aromatic carbocycles. The summed E-state index contributed by atoms with van der Waals surface area (Å²) in [6, 6.07) is 4.37. The molecule has 7 heteroatoms. The van der Waals surface area contributed by atoms with Gasteiger partial charge in [-0.1, -0.05) is 25.1 Å². The summed E-state index contributed by atoms with van der Waals surface area (Å²) in [7, 11) is 5.45. The van der Waals surface area contributed by atoms with Crippen LogP contribution in [0.5, 0.6) is 0 Å². The molecule has 0 aliphatic heterocycles. The highest BCUT2D eigenvalue weighted by Gasteiger charge is 2.29. The maximum Gasteiger partial charge on any atom is 0.179 e. The largest absolute Gasteiger partial charge is 0.358 e. The van der Waals surface area contributed by atoms with Gasteiger partial charge in [-0.15, -0.1) is 0 Å². The molecule has 0 spiro atoms. The van der Waals surface area contributed by atoms with Gasteiger partial charge in [0.25, 0.3) is 0 Å². The van der Waals surface area contributed by atoms with Crippen LogP contribution in [0.1, 0.15) is 43.5 Å². The zero-order valence-corrected chi connectivity index (χ0v) is 18.3. The van der Waals surface area contributed by atoms with Crippen molar-refractivity contribution in [1.29, 1.82) is 0 Å². The predicted octanol–water partition coefficient (Wildman–Crippen LogP) is 4.03. The Morgan fingerprint density at radius 1 is 1.14 bits per heavy atom. The number of nitrogens with zero attached hydrogens (tertiary/aromatic N) is 4. The van der Waals surface area contributed by atoms with Gasteiger partial charge in [-0.25, -0.2) is 4.98 Å². The number of likely N-dealkylation sites (N-methyl/N-ethyl adjacent to an activating group) is 2. The molecule has 0 aliphatic rings. The summed E-state index contributed by atoms with van der Waals surface area (Å²) in [4.78, 5) is 37.4. The van der Waals surface area contributed by atoms with E-state index in [0.29, 0.717) is 23.2 Å². The first-order chi connectivity index (χ1) is 13.7. The molecule has 0 amide bonds. The normalized spacial score (nSPS) is 13.1. The molecular formula is C22H27ClN4O2. The lowest BCUT2D eigenvalue weighted by atomic mass is 9.97. The van der Waals surface area contributed by atoms with Crippen LogP contribution >= 0.6 is 11.6 Å². The Morgan fingerprint density at radius 2 is 1.76 bits per heavy atom. The number of anilines is 1. The maximum absolute atomic E-state index is 12.8. The molecule has 2 atom stereocenters. The van der Waals surface area contributed by atoms with Gasteiger partial charge in [0.05, 0.1) is 11.7 Å². The summed E-state index contributed by atoms with van der Waals surface area (Å²) in [5.74, 6) is -0.0506. The van der Waals surface area contributed by atoms with Gasteiger partial charge in [-0.05, 0) is 55.9 Å². The third-order valence-corrected chi connectivity index (χ3v) is 5.08. The number of Topliss-reactive ketones (excluding diaryl/α,β-unsaturated/α-hetero) is 2. The highest BCUT2D eigenvalue weighted by Crippen LogP contribution is 2.34. The van der Waals surface area contributed by atoms with Gasteiger partial charge in [0.2, 0.25) is 0 Å². The van der Waals surface area contributed by atoms with Crippen molar-refractivity contribution in [2.45, 2.75) is 32.4 Å². The van der Waals surface area contributed by atoms with E-state index in [-0.39, 0.29) is 16.7 Å². The Balaban J connectivity index is 2.55. The molecule has 154 valence electrons. The Morgan fingerprint density at radius 3 is 2.28 bits per heavy atom. The highest BCUT2D eigenvalue weighted by atomic mass is 35.5. The van der Waals surface area contributed by atoms with Crippen LogP contribution in [-0.2, 0) is 9.59 Å². The van der Waals surface area contributed by atoms with E-state index in [0.717, 1.165) is 5.56 Å². The van der Waals surface area contributed by atoms with E-state index in [1.807, 2.05) is 44.1 Å². The molecule has 6 nitrogen and oxygen atoms in total. The number of rotatable bonds is 9. The predicted molar refractivity (Wildman–Crippen MR) is 116 cm³/mol. The fraction of sp³-hybridized carbons (Fsp3) is 0.364. The Labute approximate surface area is 177 Å². The average molecular weight is 415 g/mol. The minimum Gasteiger partial charge on any atom is -0.358 e. The van der Waals surface area contributed by atoms with Crippen LogP contribution in [0.25, 0.3) is 0 Å². The zero-order valence-electron chi connectivity index (χ0n) is 17.5. The average Bonchev–Trinajstić information content (AvgIpc) is 2.69. The summed E-state index contributed by atoms with van der Waals surface area (Å²) in [6.45, 7) is 7.29. The van der Waals surface area contributed by atoms with Gasteiger partial charge in [-0.2, -0.15) is 0 Å². The Bertz CT molecular complexity index is 899. The van der Waals surface area contributed by atoms with Gasteiger partial charge in [0.1, 0.15) is 6.04 Å². The molecule has 2 aromatic rings. The minimum absolute atomic E-state index is 0.0438. The number of halogens is 1. The Kier molecular flexibility index (Phi) is 7.65. The second-order valence-electron chi connectivity index (χ2n) is 7.20. The molecule has 0 N–H and O–H groups in total. The zero-order chi connectivity index (χ0) is 21.7. The topological polar surface area (TPSA) is 66.4 Å². The van der Waals surface area contributed by atoms with Crippen molar-refractivity contribution in [3.05, 3.63) is 65.2 Å². The molecule has 2 heterocycles. The van der Waals surface area contributed by atoms with Gasteiger partial charge < -0.3 is 4.90 Å². The molecule has 0 bridgehead atoms. The first kappa shape index (κ1) is 22.7. The molecule has 29 heavy (non-hydrogen) atoms. The standard InChI is InChI=1S/C22H27ClN4O2/c1-7-18(28)19(15-8-10-24-11-9-15)27(6)17-12-16(13-25-22(17)23)20(26(4)5)21(29)14(2)3/h8-13,19-20H,2,7H2,1,3-6H3. The van der Waals surface area contributed by atoms with Crippen LogP contribution in [0.3, 0.4) is 0 Å². The molecule has 2 aromatic heterocycles. The number of hydrogen-bond acceptors (Lipinski definition) is 6. The number of carbonyl (C=O) groups excluding carboxylic acids is 2. The van der Waals surface area contributed by atoms with E-state index in [1.165, 1.54) is 0 Å². The van der Waals surface area contributed by atoms with Gasteiger partial charge in [0, 0.05) is 32.1 Å². The number of carbonyl (C=O) groups is 2. The van der Waals surface area contributed by atoms with Crippen LogP contribution < -0.4 is 4.90 Å². The third kappa shape index (κ3) is 5.08. The number of aromatic nitrogens is 2. The monoisotopic (exact) mass is 414 g/mol. The number of pyridine rings is 2. The fourth-order valence-corrected chi connectivity index (χ4v) is 3.51. The molecule has 2 unspecified atom stereocenters. The molecule has 0 saturated heterocycles. The summed E-state index contributed by atoms with van der Waals surface area (Å²) >= 11 is 6.40. The van der Waals surface area contributed by atoms with Gasteiger partial charge >= 0.3 is 0 Å². The van der Waals surface area contributed by atoms with E-state index in [1.54, 1.807) is 37.5 Å². The summed E-state index contributed by atoms with van der Waals surface area (Å²) < 4.78 is 0. The van der Waals surface area contributed by atoms with Crippen LogP contribution in [0, 0.1) is 0 Å². The smallest absolute Gasteiger partial charge is 0.179 e. The van der Waals surface area contributed by atoms with Crippen molar-refractivity contribution < 1.29 is 9.59 Å². The first-order valence-electron chi connectivity index (χ1n) is 9.36. The molecular weight excluding hydrogens is 388 g/mol. The van der Waals surface area contributed by atoms with Crippen LogP contribution in [0.15, 0.2) is 48.9 Å². The summed E-state index contributed by atoms with van der Waals surface area (Å²) in [6.07, 6.45) is 5.27. The first-order valence-corrected chi connectivity index (χ1v) is 9.73. The summed E-state index contributed by atoms with van der Waals surface area (Å²) in [5.41, 5.74) is 2.54. The lowest BCUT2D eigenvalue weighted by Crippen LogP contribution is -2.32. The minimum atomic E-state index is -0.536. The fourth-order valence-electron chi connectivity index (χ4n) is 3.27. The quantitative estimate of drug-likeness (QED) is 0.455. The van der Waals surface area contributed by atoms with Crippen molar-refractivity contribution in [1.82, 2.24) is 14.9 Å². The lowest BCUT2D eigenvalue weighted by Gasteiger charge is -2.31. The molecule has 0 saturated carbocycles. The van der Waals surface area contributed by atoms with Crippen LogP contribution in [0.2, 0.25) is 5.15 Å². The van der Waals surface area contributed by atoms with Crippen molar-refractivity contribution in [2.24, 2.45) is 0 Å². The van der Waals surface area contributed by atoms with E-state index < -0.39 is 12.1 Å². The van der Waals surface area contributed by atoms with Crippen LogP contribution in [0.4, 0.5) is 5.69 Å². The summed E-state index contributed by atoms with van der Waals surface area (Å²) in [5, 5.41) is 0.263. The van der Waals surface area contributed by atoms with E-state index >= 15 is 0 Å². The van der Waals surface area contributed by atoms with Gasteiger partial charge in [-0.3, -0.25) is 19.5 Å². The lowest BCUT2D eigenvalue weighted by molar-refractivity contribution is -0.120. The molecule has 2 rings (SSSR count). The van der Waals surface area contributed by atoms with Crippen molar-refractivity contribution in [2.75, 3.05) is 26.0 Å². The number of hydrogen-bond donors (Lipinski definition) is 0. The Hall–Kier alpha value is -2.57. The molecule has 0 radical (unpaired) electrons. The van der Waals surface area contributed by atoms with Crippen molar-refractivity contribution in [3.63, 3.8) is 0 Å². The molecule has 0 aliphatic carbocycles.